The Morgan fingerprint density at radius 2 is 1.71 bits per heavy atom. The fourth-order valence-electron chi connectivity index (χ4n) is 1.05. The molecule has 2 aromatic rings. The molecule has 2 rings (SSSR count). The average molecular weight is 183 g/mol. The number of nitrogens with zero attached hydrogens (tertiary/aromatic N) is 3. The van der Waals surface area contributed by atoms with Crippen LogP contribution in [0, 0.1) is 0 Å². The molecule has 0 bridgehead atoms. The third-order valence-corrected chi connectivity index (χ3v) is 1.74. The summed E-state index contributed by atoms with van der Waals surface area (Å²) in [5.41, 5.74) is 1.95. The molecule has 3 nitrogen and oxygen atoms in total. The number of rotatable bonds is 2. The zero-order valence-electron chi connectivity index (χ0n) is 7.54. The van der Waals surface area contributed by atoms with Gasteiger partial charge in [-0.1, -0.05) is 6.08 Å². The Balaban J connectivity index is 2.16. The van der Waals surface area contributed by atoms with Crippen LogP contribution in [-0.2, 0) is 0 Å². The lowest BCUT2D eigenvalue weighted by atomic mass is 10.2. The van der Waals surface area contributed by atoms with Gasteiger partial charge in [-0.25, -0.2) is 0 Å². The van der Waals surface area contributed by atoms with Gasteiger partial charge in [0.25, 0.3) is 0 Å². The van der Waals surface area contributed by atoms with Gasteiger partial charge in [-0.15, -0.1) is 0 Å². The first-order valence-electron chi connectivity index (χ1n) is 4.29. The lowest BCUT2D eigenvalue weighted by Crippen LogP contribution is -1.80. The van der Waals surface area contributed by atoms with Crippen LogP contribution in [0.2, 0.25) is 0 Å². The van der Waals surface area contributed by atoms with Gasteiger partial charge in [0.1, 0.15) is 0 Å². The van der Waals surface area contributed by atoms with Crippen LogP contribution in [0.4, 0.5) is 0 Å². The van der Waals surface area contributed by atoms with Crippen LogP contribution in [0.25, 0.3) is 12.2 Å². The average Bonchev–Trinajstić information content (AvgIpc) is 2.29. The molecule has 0 radical (unpaired) electrons. The fourth-order valence-corrected chi connectivity index (χ4v) is 1.05. The maximum atomic E-state index is 4.13. The molecule has 0 fully saturated rings. The van der Waals surface area contributed by atoms with Crippen molar-refractivity contribution in [3.8, 4) is 0 Å². The molecule has 0 atom stereocenters. The molecule has 2 heterocycles. The first-order valence-corrected chi connectivity index (χ1v) is 4.29. The van der Waals surface area contributed by atoms with Crippen LogP contribution < -0.4 is 0 Å². The van der Waals surface area contributed by atoms with Gasteiger partial charge in [-0.3, -0.25) is 15.0 Å². The molecule has 0 saturated heterocycles. The predicted molar refractivity (Wildman–Crippen MR) is 55.2 cm³/mol. The summed E-state index contributed by atoms with van der Waals surface area (Å²) < 4.78 is 0. The van der Waals surface area contributed by atoms with Crippen molar-refractivity contribution in [2.45, 2.75) is 0 Å². The molecule has 0 amide bonds. The Morgan fingerprint density at radius 1 is 0.857 bits per heavy atom. The van der Waals surface area contributed by atoms with Crippen molar-refractivity contribution in [1.29, 1.82) is 0 Å². The normalized spacial score (nSPS) is 10.6. The first-order chi connectivity index (χ1) is 6.95. The molecular weight excluding hydrogens is 174 g/mol. The molecule has 0 saturated carbocycles. The van der Waals surface area contributed by atoms with E-state index in [2.05, 4.69) is 15.0 Å². The van der Waals surface area contributed by atoms with E-state index in [0.717, 1.165) is 11.3 Å². The van der Waals surface area contributed by atoms with Crippen LogP contribution >= 0.6 is 0 Å². The topological polar surface area (TPSA) is 38.7 Å². The summed E-state index contributed by atoms with van der Waals surface area (Å²) in [6.07, 6.45) is 12.5. The highest BCUT2D eigenvalue weighted by Crippen LogP contribution is 2.03. The van der Waals surface area contributed by atoms with Gasteiger partial charge in [0, 0.05) is 24.8 Å². The third kappa shape index (κ3) is 2.23. The van der Waals surface area contributed by atoms with Crippen molar-refractivity contribution in [3.05, 3.63) is 54.4 Å². The van der Waals surface area contributed by atoms with Crippen molar-refractivity contribution in [1.82, 2.24) is 15.0 Å². The van der Waals surface area contributed by atoms with Crippen LogP contribution in [0.5, 0.6) is 0 Å². The SMILES string of the molecule is C(=C\c1cnccn1)/c1ccncc1. The van der Waals surface area contributed by atoms with Crippen LogP contribution in [0.1, 0.15) is 11.3 Å². The minimum absolute atomic E-state index is 0.851. The highest BCUT2D eigenvalue weighted by Gasteiger charge is 1.86. The largest absolute Gasteiger partial charge is 0.265 e. The van der Waals surface area contributed by atoms with Crippen LogP contribution in [0.15, 0.2) is 43.1 Å². The lowest BCUT2D eigenvalue weighted by molar-refractivity contribution is 1.18. The summed E-state index contributed by atoms with van der Waals surface area (Å²) in [6.45, 7) is 0. The summed E-state index contributed by atoms with van der Waals surface area (Å²) in [5.74, 6) is 0. The van der Waals surface area contributed by atoms with E-state index in [1.807, 2.05) is 24.3 Å². The Kier molecular flexibility index (Phi) is 2.62. The zero-order chi connectivity index (χ0) is 9.64. The van der Waals surface area contributed by atoms with E-state index in [0.29, 0.717) is 0 Å². The Hall–Kier alpha value is -2.03. The molecule has 3 heteroatoms. The molecule has 2 aromatic heterocycles. The van der Waals surface area contributed by atoms with Crippen LogP contribution in [0.3, 0.4) is 0 Å². The quantitative estimate of drug-likeness (QED) is 0.715. The van der Waals surface area contributed by atoms with E-state index < -0.39 is 0 Å². The van der Waals surface area contributed by atoms with Gasteiger partial charge >= 0.3 is 0 Å². The maximum absolute atomic E-state index is 4.13. The lowest BCUT2D eigenvalue weighted by Gasteiger charge is -1.91. The molecular formula is C11H9N3. The molecule has 0 aliphatic carbocycles. The second-order valence-electron chi connectivity index (χ2n) is 2.74. The highest BCUT2D eigenvalue weighted by molar-refractivity contribution is 5.67. The summed E-state index contributed by atoms with van der Waals surface area (Å²) in [5, 5.41) is 0. The predicted octanol–water partition coefficient (Wildman–Crippen LogP) is 2.04. The molecule has 0 aromatic carbocycles. The molecule has 0 N–H and O–H groups in total. The molecule has 68 valence electrons. The standard InChI is InChI=1S/C11H9N3/c1(10-3-5-12-6-4-10)2-11-9-13-7-8-14-11/h1-9H/b2-1+. The summed E-state index contributed by atoms with van der Waals surface area (Å²) >= 11 is 0. The van der Waals surface area contributed by atoms with Crippen LogP contribution in [-0.4, -0.2) is 15.0 Å². The number of hydrogen-bond donors (Lipinski definition) is 0. The summed E-state index contributed by atoms with van der Waals surface area (Å²) in [6, 6.07) is 3.87. The van der Waals surface area contributed by atoms with Gasteiger partial charge in [-0.05, 0) is 23.8 Å². The van der Waals surface area contributed by atoms with Gasteiger partial charge in [0.2, 0.25) is 0 Å². The molecule has 0 unspecified atom stereocenters. The van der Waals surface area contributed by atoms with Crippen molar-refractivity contribution in [2.75, 3.05) is 0 Å². The minimum Gasteiger partial charge on any atom is -0.265 e. The van der Waals surface area contributed by atoms with E-state index in [1.54, 1.807) is 31.0 Å². The monoisotopic (exact) mass is 183 g/mol. The zero-order valence-corrected chi connectivity index (χ0v) is 7.54. The van der Waals surface area contributed by atoms with Gasteiger partial charge in [-0.2, -0.15) is 0 Å². The maximum Gasteiger partial charge on any atom is 0.0813 e. The number of hydrogen-bond acceptors (Lipinski definition) is 3. The van der Waals surface area contributed by atoms with Gasteiger partial charge in [0.15, 0.2) is 0 Å². The molecule has 0 aliphatic rings. The Labute approximate surface area is 82.2 Å². The van der Waals surface area contributed by atoms with E-state index in [9.17, 15) is 0 Å². The Bertz CT molecular complexity index is 368. The highest BCUT2D eigenvalue weighted by atomic mass is 14.7. The molecule has 0 aliphatic heterocycles. The second kappa shape index (κ2) is 4.28. The van der Waals surface area contributed by atoms with Gasteiger partial charge < -0.3 is 0 Å². The number of aromatic nitrogens is 3. The summed E-state index contributed by atoms with van der Waals surface area (Å²) in [4.78, 5) is 12.0. The van der Waals surface area contributed by atoms with E-state index in [1.165, 1.54) is 0 Å². The van der Waals surface area contributed by atoms with E-state index >= 15 is 0 Å². The van der Waals surface area contributed by atoms with E-state index in [-0.39, 0.29) is 0 Å². The third-order valence-electron chi connectivity index (χ3n) is 1.74. The van der Waals surface area contributed by atoms with E-state index in [4.69, 9.17) is 0 Å². The summed E-state index contributed by atoms with van der Waals surface area (Å²) in [7, 11) is 0. The Morgan fingerprint density at radius 3 is 2.43 bits per heavy atom. The van der Waals surface area contributed by atoms with Crippen molar-refractivity contribution >= 4 is 12.2 Å². The molecule has 0 spiro atoms. The number of pyridine rings is 1. The fraction of sp³-hybridized carbons (Fsp3) is 0. The van der Waals surface area contributed by atoms with Gasteiger partial charge in [0.05, 0.1) is 11.9 Å². The minimum atomic E-state index is 0.851. The smallest absolute Gasteiger partial charge is 0.0813 e. The van der Waals surface area contributed by atoms with Crippen molar-refractivity contribution in [3.63, 3.8) is 0 Å². The first kappa shape index (κ1) is 8.56. The second-order valence-corrected chi connectivity index (χ2v) is 2.74. The molecule has 14 heavy (non-hydrogen) atoms. The van der Waals surface area contributed by atoms with Crippen molar-refractivity contribution in [2.24, 2.45) is 0 Å². The van der Waals surface area contributed by atoms with Crippen molar-refractivity contribution < 1.29 is 0 Å².